The molecule has 13 heavy (non-hydrogen) atoms. The van der Waals surface area contributed by atoms with Crippen molar-refractivity contribution in [2.24, 2.45) is 0 Å². The molecule has 0 aromatic rings. The zero-order valence-corrected chi connectivity index (χ0v) is 6.93. The van der Waals surface area contributed by atoms with Crippen LogP contribution in [0.25, 0.3) is 0 Å². The second-order valence-electron chi connectivity index (χ2n) is 2.24. The van der Waals surface area contributed by atoms with Crippen molar-refractivity contribution in [1.29, 1.82) is 0 Å². The average molecular weight is 190 g/mol. The molecule has 0 fully saturated rings. The zero-order chi connectivity index (χ0) is 10.4. The molecule has 0 radical (unpaired) electrons. The minimum Gasteiger partial charge on any atom is -0.478 e. The summed E-state index contributed by atoms with van der Waals surface area (Å²) in [4.78, 5) is 20.9. The third-order valence-corrected chi connectivity index (χ3v) is 1.03. The van der Waals surface area contributed by atoms with Gasteiger partial charge in [-0.2, -0.15) is 0 Å². The van der Waals surface area contributed by atoms with E-state index in [1.807, 2.05) is 0 Å². The highest BCUT2D eigenvalue weighted by Crippen LogP contribution is 1.96. The smallest absolute Gasteiger partial charge is 0.334 e. The van der Waals surface area contributed by atoms with Crippen molar-refractivity contribution in [2.45, 2.75) is 13.2 Å². The van der Waals surface area contributed by atoms with E-state index in [9.17, 15) is 9.59 Å². The van der Waals surface area contributed by atoms with Gasteiger partial charge in [-0.05, 0) is 6.92 Å². The molecule has 0 aromatic heterocycles. The molecule has 0 aromatic carbocycles. The highest BCUT2D eigenvalue weighted by Gasteiger charge is 2.09. The maximum absolute atomic E-state index is 10.8. The molecule has 0 bridgehead atoms. The Bertz CT molecular complexity index is 229. The second-order valence-corrected chi connectivity index (χ2v) is 2.24. The highest BCUT2D eigenvalue weighted by molar-refractivity contribution is 5.95. The summed E-state index contributed by atoms with van der Waals surface area (Å²) in [6.45, 7) is 0.670. The lowest BCUT2D eigenvalue weighted by atomic mass is 10.3. The number of rotatable bonds is 4. The van der Waals surface area contributed by atoms with Crippen LogP contribution >= 0.6 is 0 Å². The van der Waals surface area contributed by atoms with Crippen molar-refractivity contribution >= 4 is 11.9 Å². The van der Waals surface area contributed by atoms with Crippen LogP contribution in [0.15, 0.2) is 11.6 Å². The van der Waals surface area contributed by atoms with Gasteiger partial charge < -0.3 is 20.1 Å². The quantitative estimate of drug-likeness (QED) is 0.294. The first kappa shape index (κ1) is 11.6. The number of aliphatic hydroxyl groups excluding tert-OH is 1. The topological polar surface area (TPSA) is 104 Å². The van der Waals surface area contributed by atoms with Gasteiger partial charge in [0.2, 0.25) is 0 Å². The average Bonchev–Trinajstić information content (AvgIpc) is 1.98. The monoisotopic (exact) mass is 190 g/mol. The molecule has 0 saturated carbocycles. The highest BCUT2D eigenvalue weighted by atomic mass is 16.6. The lowest BCUT2D eigenvalue weighted by molar-refractivity contribution is -0.152. The van der Waals surface area contributed by atoms with Gasteiger partial charge in [-0.25, -0.2) is 9.59 Å². The van der Waals surface area contributed by atoms with Crippen molar-refractivity contribution in [2.75, 3.05) is 6.61 Å². The molecule has 0 heterocycles. The molecule has 6 heteroatoms. The van der Waals surface area contributed by atoms with Crippen LogP contribution in [0, 0.1) is 0 Å². The van der Waals surface area contributed by atoms with E-state index < -0.39 is 24.8 Å². The van der Waals surface area contributed by atoms with E-state index >= 15 is 0 Å². The molecule has 0 aliphatic rings. The first-order chi connectivity index (χ1) is 5.93. The fourth-order valence-electron chi connectivity index (χ4n) is 0.508. The summed E-state index contributed by atoms with van der Waals surface area (Å²) in [5.41, 5.74) is -0.117. The van der Waals surface area contributed by atoms with Crippen LogP contribution in [-0.2, 0) is 14.3 Å². The van der Waals surface area contributed by atoms with Gasteiger partial charge in [0, 0.05) is 11.6 Å². The van der Waals surface area contributed by atoms with Crippen LogP contribution in [0.3, 0.4) is 0 Å². The van der Waals surface area contributed by atoms with E-state index in [2.05, 4.69) is 4.74 Å². The molecule has 0 aliphatic carbocycles. The number of esters is 1. The number of aliphatic carboxylic acids is 1. The van der Waals surface area contributed by atoms with Crippen LogP contribution in [0.4, 0.5) is 0 Å². The number of carbonyl (C=O) groups is 2. The summed E-state index contributed by atoms with van der Waals surface area (Å²) < 4.78 is 4.30. The third kappa shape index (κ3) is 5.83. The van der Waals surface area contributed by atoms with Crippen molar-refractivity contribution in [3.05, 3.63) is 11.6 Å². The Morgan fingerprint density at radius 1 is 1.46 bits per heavy atom. The van der Waals surface area contributed by atoms with Gasteiger partial charge in [0.25, 0.3) is 0 Å². The molecule has 0 unspecified atom stereocenters. The number of carboxylic acids is 1. The number of carbonyl (C=O) groups excluding carboxylic acids is 1. The van der Waals surface area contributed by atoms with E-state index in [4.69, 9.17) is 15.3 Å². The number of carboxylic acid groups (broad SMARTS) is 1. The molecule has 0 rings (SSSR count). The standard InChI is InChI=1S/C7H10O6/c1-4(2-5(8)9)7(12)13-3-6(10)11/h2,6,10-11H,3H2,1H3,(H,8,9)/b4-2+. The van der Waals surface area contributed by atoms with Gasteiger partial charge in [0.05, 0.1) is 0 Å². The fraction of sp³-hybridized carbons (Fsp3) is 0.429. The Labute approximate surface area is 74.1 Å². The summed E-state index contributed by atoms with van der Waals surface area (Å²) >= 11 is 0. The number of aliphatic hydroxyl groups is 2. The predicted octanol–water partition coefficient (Wildman–Crippen LogP) is -1.13. The van der Waals surface area contributed by atoms with E-state index in [0.717, 1.165) is 0 Å². The molecular weight excluding hydrogens is 180 g/mol. The lowest BCUT2D eigenvalue weighted by Gasteiger charge is -2.04. The van der Waals surface area contributed by atoms with Crippen molar-refractivity contribution in [1.82, 2.24) is 0 Å². The van der Waals surface area contributed by atoms with Gasteiger partial charge >= 0.3 is 11.9 Å². The predicted molar refractivity (Wildman–Crippen MR) is 40.6 cm³/mol. The Morgan fingerprint density at radius 2 is 2.00 bits per heavy atom. The molecule has 74 valence electrons. The lowest BCUT2D eigenvalue weighted by Crippen LogP contribution is -2.18. The molecule has 3 N–H and O–H groups in total. The van der Waals surface area contributed by atoms with Gasteiger partial charge in [-0.1, -0.05) is 0 Å². The maximum atomic E-state index is 10.8. The zero-order valence-electron chi connectivity index (χ0n) is 6.93. The summed E-state index contributed by atoms with van der Waals surface area (Å²) in [5, 5.41) is 24.8. The molecule has 0 amide bonds. The Balaban J connectivity index is 4.04. The molecule has 0 spiro atoms. The van der Waals surface area contributed by atoms with Crippen molar-refractivity contribution < 1.29 is 29.6 Å². The SMILES string of the molecule is C/C(=C\C(=O)O)C(=O)OCC(O)O. The fourth-order valence-corrected chi connectivity index (χ4v) is 0.508. The number of hydrogen-bond donors (Lipinski definition) is 3. The summed E-state index contributed by atoms with van der Waals surface area (Å²) in [6.07, 6.45) is -1.08. The van der Waals surface area contributed by atoms with Gasteiger partial charge in [0.15, 0.2) is 6.29 Å². The summed E-state index contributed by atoms with van der Waals surface area (Å²) in [6, 6.07) is 0. The van der Waals surface area contributed by atoms with Crippen LogP contribution in [-0.4, -0.2) is 40.2 Å². The van der Waals surface area contributed by atoms with Gasteiger partial charge in [-0.3, -0.25) is 0 Å². The second kappa shape index (κ2) is 5.28. The van der Waals surface area contributed by atoms with E-state index in [1.165, 1.54) is 6.92 Å². The number of hydrogen-bond acceptors (Lipinski definition) is 5. The number of ether oxygens (including phenoxy) is 1. The minimum absolute atomic E-state index is 0.117. The van der Waals surface area contributed by atoms with E-state index in [1.54, 1.807) is 0 Å². The van der Waals surface area contributed by atoms with Crippen LogP contribution in [0.5, 0.6) is 0 Å². The van der Waals surface area contributed by atoms with Crippen LogP contribution in [0.1, 0.15) is 6.92 Å². The Kier molecular flexibility index (Phi) is 4.71. The summed E-state index contributed by atoms with van der Waals surface area (Å²) in [7, 11) is 0. The minimum atomic E-state index is -1.75. The van der Waals surface area contributed by atoms with E-state index in [0.29, 0.717) is 6.08 Å². The van der Waals surface area contributed by atoms with Crippen molar-refractivity contribution in [3.8, 4) is 0 Å². The maximum Gasteiger partial charge on any atom is 0.334 e. The molecule has 6 nitrogen and oxygen atoms in total. The van der Waals surface area contributed by atoms with Crippen LogP contribution in [0.2, 0.25) is 0 Å². The van der Waals surface area contributed by atoms with Crippen molar-refractivity contribution in [3.63, 3.8) is 0 Å². The molecule has 0 aliphatic heterocycles. The largest absolute Gasteiger partial charge is 0.478 e. The molecule has 0 atom stereocenters. The van der Waals surface area contributed by atoms with E-state index in [-0.39, 0.29) is 5.57 Å². The third-order valence-electron chi connectivity index (χ3n) is 1.03. The molecular formula is C7H10O6. The van der Waals surface area contributed by atoms with Crippen LogP contribution < -0.4 is 0 Å². The normalized spacial score (nSPS) is 11.5. The van der Waals surface area contributed by atoms with Gasteiger partial charge in [0.1, 0.15) is 6.61 Å². The molecule has 0 saturated heterocycles. The first-order valence-corrected chi connectivity index (χ1v) is 3.38. The summed E-state index contributed by atoms with van der Waals surface area (Å²) in [5.74, 6) is -2.16. The Morgan fingerprint density at radius 3 is 2.38 bits per heavy atom. The van der Waals surface area contributed by atoms with Gasteiger partial charge in [-0.15, -0.1) is 0 Å². The Hall–Kier alpha value is -1.40. The first-order valence-electron chi connectivity index (χ1n) is 3.38.